The van der Waals surface area contributed by atoms with E-state index >= 15 is 0 Å². The molecule has 26 heavy (non-hydrogen) atoms. The van der Waals surface area contributed by atoms with Crippen molar-refractivity contribution in [1.29, 1.82) is 0 Å². The maximum absolute atomic E-state index is 4.43. The third-order valence-corrected chi connectivity index (χ3v) is 5.03. The first-order valence-electron chi connectivity index (χ1n) is 9.41. The van der Waals surface area contributed by atoms with Crippen LogP contribution in [-0.2, 0) is 6.54 Å². The van der Waals surface area contributed by atoms with Crippen molar-refractivity contribution in [2.45, 2.75) is 32.4 Å². The fourth-order valence-electron chi connectivity index (χ4n) is 3.80. The normalized spacial score (nSPS) is 18.0. The van der Waals surface area contributed by atoms with Crippen LogP contribution in [0.15, 0.2) is 67.0 Å². The molecule has 4 rings (SSSR count). The van der Waals surface area contributed by atoms with Crippen LogP contribution in [0.5, 0.6) is 0 Å². The zero-order valence-electron chi connectivity index (χ0n) is 15.3. The molecule has 4 heteroatoms. The molecule has 0 amide bonds. The summed E-state index contributed by atoms with van der Waals surface area (Å²) in [6, 6.07) is 19.7. The number of hydrogen-bond acceptors (Lipinski definition) is 3. The highest BCUT2D eigenvalue weighted by atomic mass is 15.3. The maximum atomic E-state index is 4.43. The van der Waals surface area contributed by atoms with Crippen LogP contribution in [0.2, 0.25) is 0 Å². The minimum atomic E-state index is 0.504. The molecule has 2 heterocycles. The molecule has 1 aromatic heterocycles. The summed E-state index contributed by atoms with van der Waals surface area (Å²) in [5.74, 6) is 0. The first kappa shape index (κ1) is 16.9. The molecule has 1 atom stereocenters. The molecule has 1 fully saturated rings. The molecule has 0 spiro atoms. The lowest BCUT2D eigenvalue weighted by Crippen LogP contribution is -2.41. The lowest BCUT2D eigenvalue weighted by molar-refractivity contribution is 0.208. The van der Waals surface area contributed by atoms with Gasteiger partial charge < -0.3 is 5.32 Å². The van der Waals surface area contributed by atoms with Gasteiger partial charge in [-0.25, -0.2) is 4.68 Å². The van der Waals surface area contributed by atoms with E-state index in [0.29, 0.717) is 6.04 Å². The van der Waals surface area contributed by atoms with Crippen LogP contribution in [0, 0.1) is 6.92 Å². The second-order valence-electron chi connectivity index (χ2n) is 7.17. The zero-order valence-corrected chi connectivity index (χ0v) is 15.3. The van der Waals surface area contributed by atoms with Crippen LogP contribution in [0.25, 0.3) is 5.69 Å². The lowest BCUT2D eigenvalue weighted by Gasteiger charge is -2.34. The Hall–Kier alpha value is -2.59. The summed E-state index contributed by atoms with van der Waals surface area (Å²) in [6.45, 7) is 5.34. The number of para-hydroxylation sites is 1. The van der Waals surface area contributed by atoms with E-state index in [1.54, 1.807) is 0 Å². The van der Waals surface area contributed by atoms with Crippen molar-refractivity contribution in [3.8, 4) is 5.69 Å². The van der Waals surface area contributed by atoms with Gasteiger partial charge >= 0.3 is 0 Å². The average Bonchev–Trinajstić information content (AvgIpc) is 3.17. The van der Waals surface area contributed by atoms with Gasteiger partial charge in [-0.3, -0.25) is 4.90 Å². The van der Waals surface area contributed by atoms with Crippen molar-refractivity contribution in [1.82, 2.24) is 14.7 Å². The monoisotopic (exact) mass is 346 g/mol. The lowest BCUT2D eigenvalue weighted by atomic mass is 10.0. The van der Waals surface area contributed by atoms with Gasteiger partial charge in [0.1, 0.15) is 0 Å². The number of likely N-dealkylation sites (tertiary alicyclic amines) is 1. The van der Waals surface area contributed by atoms with Crippen molar-refractivity contribution in [3.63, 3.8) is 0 Å². The molecular weight excluding hydrogens is 320 g/mol. The highest BCUT2D eigenvalue weighted by Crippen LogP contribution is 2.22. The second kappa shape index (κ2) is 7.75. The zero-order chi connectivity index (χ0) is 17.8. The number of aromatic nitrogens is 2. The number of anilines is 1. The van der Waals surface area contributed by atoms with Gasteiger partial charge in [-0.15, -0.1) is 0 Å². The van der Waals surface area contributed by atoms with Gasteiger partial charge in [0.05, 0.1) is 5.69 Å². The van der Waals surface area contributed by atoms with Gasteiger partial charge in [0.15, 0.2) is 0 Å². The molecule has 0 radical (unpaired) electrons. The molecule has 134 valence electrons. The topological polar surface area (TPSA) is 33.1 Å². The molecule has 0 bridgehead atoms. The molecule has 4 nitrogen and oxygen atoms in total. The van der Waals surface area contributed by atoms with E-state index in [4.69, 9.17) is 0 Å². The quantitative estimate of drug-likeness (QED) is 0.749. The summed E-state index contributed by atoms with van der Waals surface area (Å²) in [5, 5.41) is 8.12. The summed E-state index contributed by atoms with van der Waals surface area (Å²) >= 11 is 0. The molecular formula is C22H26N4. The highest BCUT2D eigenvalue weighted by molar-refractivity contribution is 5.44. The molecule has 0 saturated carbocycles. The van der Waals surface area contributed by atoms with Crippen molar-refractivity contribution >= 4 is 5.69 Å². The van der Waals surface area contributed by atoms with Gasteiger partial charge in [-0.05, 0) is 56.1 Å². The molecule has 1 saturated heterocycles. The van der Waals surface area contributed by atoms with Gasteiger partial charge in [0, 0.05) is 37.2 Å². The Labute approximate surface area is 155 Å². The molecule has 2 aromatic carbocycles. The molecule has 1 N–H and O–H groups in total. The summed E-state index contributed by atoms with van der Waals surface area (Å²) in [5.41, 5.74) is 5.03. The van der Waals surface area contributed by atoms with E-state index in [1.165, 1.54) is 35.3 Å². The standard InChI is InChI=1S/C22H26N4/c1-18-10-11-22(26-14-6-12-23-26)19(15-18)16-25-13-5-9-21(17-25)24-20-7-3-2-4-8-20/h2-4,6-8,10-12,14-15,21,24H,5,9,13,16-17H2,1H3. The first-order chi connectivity index (χ1) is 12.8. The van der Waals surface area contributed by atoms with Crippen LogP contribution >= 0.6 is 0 Å². The fraction of sp³-hybridized carbons (Fsp3) is 0.318. The van der Waals surface area contributed by atoms with E-state index < -0.39 is 0 Å². The molecule has 0 aliphatic carbocycles. The number of piperidine rings is 1. The van der Waals surface area contributed by atoms with E-state index in [9.17, 15) is 0 Å². The Bertz CT molecular complexity index is 827. The van der Waals surface area contributed by atoms with Crippen molar-refractivity contribution in [2.24, 2.45) is 0 Å². The second-order valence-corrected chi connectivity index (χ2v) is 7.17. The highest BCUT2D eigenvalue weighted by Gasteiger charge is 2.21. The van der Waals surface area contributed by atoms with Gasteiger partial charge in [0.2, 0.25) is 0 Å². The first-order valence-corrected chi connectivity index (χ1v) is 9.41. The molecule has 1 aliphatic heterocycles. The summed E-state index contributed by atoms with van der Waals surface area (Å²) in [7, 11) is 0. The largest absolute Gasteiger partial charge is 0.381 e. The molecule has 1 unspecified atom stereocenters. The average molecular weight is 346 g/mol. The molecule has 1 aliphatic rings. The minimum absolute atomic E-state index is 0.504. The SMILES string of the molecule is Cc1ccc(-n2cccn2)c(CN2CCCC(Nc3ccccc3)C2)c1. The van der Waals surface area contributed by atoms with Gasteiger partial charge in [-0.1, -0.05) is 35.9 Å². The number of nitrogens with one attached hydrogen (secondary N) is 1. The summed E-state index contributed by atoms with van der Waals surface area (Å²) in [6.07, 6.45) is 6.31. The number of rotatable bonds is 5. The number of hydrogen-bond donors (Lipinski definition) is 1. The molecule has 3 aromatic rings. The smallest absolute Gasteiger partial charge is 0.0690 e. The Balaban J connectivity index is 1.48. The Morgan fingerprint density at radius 1 is 1.12 bits per heavy atom. The van der Waals surface area contributed by atoms with Crippen LogP contribution in [0.4, 0.5) is 5.69 Å². The Morgan fingerprint density at radius 2 is 2.00 bits per heavy atom. The van der Waals surface area contributed by atoms with Crippen LogP contribution in [-0.4, -0.2) is 33.8 Å². The number of nitrogens with zero attached hydrogens (tertiary/aromatic N) is 3. The van der Waals surface area contributed by atoms with Crippen molar-refractivity contribution < 1.29 is 0 Å². The summed E-state index contributed by atoms with van der Waals surface area (Å²) in [4.78, 5) is 2.56. The van der Waals surface area contributed by atoms with Crippen molar-refractivity contribution in [2.75, 3.05) is 18.4 Å². The minimum Gasteiger partial charge on any atom is -0.381 e. The van der Waals surface area contributed by atoms with E-state index in [2.05, 4.69) is 70.8 Å². The van der Waals surface area contributed by atoms with Crippen LogP contribution in [0.3, 0.4) is 0 Å². The van der Waals surface area contributed by atoms with E-state index in [-0.39, 0.29) is 0 Å². The predicted octanol–water partition coefficient (Wildman–Crippen LogP) is 4.26. The Morgan fingerprint density at radius 3 is 2.81 bits per heavy atom. The third kappa shape index (κ3) is 3.97. The predicted molar refractivity (Wildman–Crippen MR) is 107 cm³/mol. The van der Waals surface area contributed by atoms with E-state index in [0.717, 1.165) is 19.6 Å². The number of benzene rings is 2. The van der Waals surface area contributed by atoms with Crippen LogP contribution < -0.4 is 5.32 Å². The third-order valence-electron chi connectivity index (χ3n) is 5.03. The Kier molecular flexibility index (Phi) is 5.02. The van der Waals surface area contributed by atoms with Gasteiger partial charge in [0.25, 0.3) is 0 Å². The maximum Gasteiger partial charge on any atom is 0.0690 e. The van der Waals surface area contributed by atoms with Gasteiger partial charge in [-0.2, -0.15) is 5.10 Å². The number of aryl methyl sites for hydroxylation is 1. The fourth-order valence-corrected chi connectivity index (χ4v) is 3.80. The summed E-state index contributed by atoms with van der Waals surface area (Å²) < 4.78 is 1.97. The van der Waals surface area contributed by atoms with E-state index in [1.807, 2.05) is 23.1 Å². The van der Waals surface area contributed by atoms with Crippen molar-refractivity contribution in [3.05, 3.63) is 78.1 Å². The van der Waals surface area contributed by atoms with Crippen LogP contribution in [0.1, 0.15) is 24.0 Å².